The summed E-state index contributed by atoms with van der Waals surface area (Å²) >= 11 is 3.24. The van der Waals surface area contributed by atoms with Gasteiger partial charge in [0.25, 0.3) is 0 Å². The van der Waals surface area contributed by atoms with Gasteiger partial charge in [0.05, 0.1) is 0 Å². The van der Waals surface area contributed by atoms with E-state index in [4.69, 9.17) is 7.98 Å². The molecule has 2 nitrogen and oxygen atoms in total. The minimum atomic E-state index is 0.745. The molecule has 0 aliphatic rings. The largest absolute Gasteiger partial charge is 0.413 e. The number of anilines is 1. The molecule has 0 amide bonds. The monoisotopic (exact) mass is 196 g/mol. The van der Waals surface area contributed by atoms with E-state index in [0.29, 0.717) is 0 Å². The van der Waals surface area contributed by atoms with Gasteiger partial charge in [0.1, 0.15) is 10.4 Å². The number of aromatic nitrogens is 1. The van der Waals surface area contributed by atoms with Gasteiger partial charge in [-0.25, -0.2) is 4.98 Å². The lowest BCUT2D eigenvalue weighted by Gasteiger charge is -2.10. The standard InChI is InChI=1S/C6H6BBrN2/c1-10(7)6-4-2-3-5(8)9-6/h2-4H,1H3. The Balaban J connectivity index is 2.96. The summed E-state index contributed by atoms with van der Waals surface area (Å²) in [5.41, 5.74) is 0. The van der Waals surface area contributed by atoms with Crippen molar-refractivity contribution < 1.29 is 0 Å². The van der Waals surface area contributed by atoms with E-state index in [-0.39, 0.29) is 0 Å². The van der Waals surface area contributed by atoms with Gasteiger partial charge in [-0.05, 0) is 35.1 Å². The molecule has 0 spiro atoms. The van der Waals surface area contributed by atoms with Gasteiger partial charge in [0, 0.05) is 0 Å². The molecule has 1 heterocycles. The van der Waals surface area contributed by atoms with Crippen LogP contribution in [0.3, 0.4) is 0 Å². The Morgan fingerprint density at radius 1 is 1.60 bits per heavy atom. The smallest absolute Gasteiger partial charge is 0.228 e. The molecule has 0 fully saturated rings. The fourth-order valence-electron chi connectivity index (χ4n) is 0.594. The van der Waals surface area contributed by atoms with Crippen LogP contribution in [0, 0.1) is 0 Å². The molecule has 2 radical (unpaired) electrons. The summed E-state index contributed by atoms with van der Waals surface area (Å²) in [6.45, 7) is 0. The van der Waals surface area contributed by atoms with Crippen LogP contribution in [0.25, 0.3) is 0 Å². The van der Waals surface area contributed by atoms with Crippen LogP contribution in [0.2, 0.25) is 0 Å². The normalized spacial score (nSPS) is 9.40. The zero-order chi connectivity index (χ0) is 7.56. The molecule has 0 saturated heterocycles. The van der Waals surface area contributed by atoms with Crippen LogP contribution < -0.4 is 4.81 Å². The summed E-state index contributed by atoms with van der Waals surface area (Å²) in [6.07, 6.45) is 0. The fraction of sp³-hybridized carbons (Fsp3) is 0.167. The van der Waals surface area contributed by atoms with Crippen LogP contribution in [0.1, 0.15) is 0 Å². The highest BCUT2D eigenvalue weighted by atomic mass is 79.9. The van der Waals surface area contributed by atoms with Crippen molar-refractivity contribution in [1.82, 2.24) is 4.98 Å². The quantitative estimate of drug-likeness (QED) is 0.499. The Morgan fingerprint density at radius 2 is 2.30 bits per heavy atom. The van der Waals surface area contributed by atoms with Crippen molar-refractivity contribution in [3.63, 3.8) is 0 Å². The molecule has 0 atom stereocenters. The van der Waals surface area contributed by atoms with E-state index in [0.717, 1.165) is 10.4 Å². The molecular weight excluding hydrogens is 191 g/mol. The van der Waals surface area contributed by atoms with Crippen LogP contribution in [0.15, 0.2) is 22.8 Å². The highest BCUT2D eigenvalue weighted by molar-refractivity contribution is 9.10. The highest BCUT2D eigenvalue weighted by Gasteiger charge is 1.94. The second kappa shape index (κ2) is 3.06. The fourth-order valence-corrected chi connectivity index (χ4v) is 0.928. The molecule has 0 saturated carbocycles. The molecule has 0 aromatic carbocycles. The molecule has 0 N–H and O–H groups in total. The van der Waals surface area contributed by atoms with Crippen molar-refractivity contribution in [2.24, 2.45) is 0 Å². The summed E-state index contributed by atoms with van der Waals surface area (Å²) in [7, 11) is 7.18. The van der Waals surface area contributed by atoms with Gasteiger partial charge in [-0.2, -0.15) is 0 Å². The molecule has 0 bridgehead atoms. The number of pyridine rings is 1. The molecule has 0 unspecified atom stereocenters. The SMILES string of the molecule is [B]N(C)c1cccc(Br)n1. The molecule has 10 heavy (non-hydrogen) atoms. The molecular formula is C6H6BBrN2. The maximum absolute atomic E-state index is 5.43. The third kappa shape index (κ3) is 1.74. The summed E-state index contributed by atoms with van der Waals surface area (Å²) < 4.78 is 0.794. The van der Waals surface area contributed by atoms with E-state index >= 15 is 0 Å². The van der Waals surface area contributed by atoms with Gasteiger partial charge in [-0.15, -0.1) is 0 Å². The lowest BCUT2D eigenvalue weighted by atomic mass is 10.3. The first-order valence-electron chi connectivity index (χ1n) is 2.81. The van der Waals surface area contributed by atoms with Crippen molar-refractivity contribution in [3.05, 3.63) is 22.8 Å². The Morgan fingerprint density at radius 3 is 2.70 bits per heavy atom. The van der Waals surface area contributed by atoms with E-state index < -0.39 is 0 Å². The maximum Gasteiger partial charge on any atom is 0.228 e. The van der Waals surface area contributed by atoms with Crippen LogP contribution in [0.4, 0.5) is 5.82 Å². The Bertz CT molecular complexity index is 227. The Labute approximate surface area is 69.8 Å². The van der Waals surface area contributed by atoms with Crippen molar-refractivity contribution in [2.75, 3.05) is 11.9 Å². The van der Waals surface area contributed by atoms with Gasteiger partial charge in [0.2, 0.25) is 7.98 Å². The zero-order valence-electron chi connectivity index (χ0n) is 5.58. The first-order valence-corrected chi connectivity index (χ1v) is 3.60. The van der Waals surface area contributed by atoms with Gasteiger partial charge in [-0.3, -0.25) is 0 Å². The Kier molecular flexibility index (Phi) is 2.32. The molecule has 50 valence electrons. The predicted molar refractivity (Wildman–Crippen MR) is 46.1 cm³/mol. The second-order valence-corrected chi connectivity index (χ2v) is 2.74. The third-order valence-corrected chi connectivity index (χ3v) is 1.50. The number of nitrogens with zero attached hydrogens (tertiary/aromatic N) is 2. The number of hydrogen-bond acceptors (Lipinski definition) is 2. The molecule has 0 aliphatic carbocycles. The minimum Gasteiger partial charge on any atom is -0.413 e. The van der Waals surface area contributed by atoms with Crippen molar-refractivity contribution >= 4 is 29.7 Å². The van der Waals surface area contributed by atoms with E-state index in [1.807, 2.05) is 18.2 Å². The molecule has 1 aromatic heterocycles. The number of halogens is 1. The first-order chi connectivity index (χ1) is 4.70. The zero-order valence-corrected chi connectivity index (χ0v) is 7.17. The molecule has 1 aromatic rings. The topological polar surface area (TPSA) is 16.1 Å². The number of rotatable bonds is 1. The summed E-state index contributed by atoms with van der Waals surface area (Å²) in [4.78, 5) is 5.55. The molecule has 0 aliphatic heterocycles. The number of hydrogen-bond donors (Lipinski definition) is 0. The lowest BCUT2D eigenvalue weighted by molar-refractivity contribution is 1.18. The van der Waals surface area contributed by atoms with Gasteiger partial charge >= 0.3 is 0 Å². The van der Waals surface area contributed by atoms with Gasteiger partial charge < -0.3 is 4.81 Å². The lowest BCUT2D eigenvalue weighted by Crippen LogP contribution is -2.12. The average Bonchev–Trinajstić information content (AvgIpc) is 1.88. The maximum atomic E-state index is 5.43. The van der Waals surface area contributed by atoms with Crippen molar-refractivity contribution in [3.8, 4) is 0 Å². The summed E-state index contributed by atoms with van der Waals surface area (Å²) in [5, 5.41) is 0. The average molecular weight is 197 g/mol. The third-order valence-electron chi connectivity index (χ3n) is 1.06. The second-order valence-electron chi connectivity index (χ2n) is 1.93. The van der Waals surface area contributed by atoms with Crippen molar-refractivity contribution in [1.29, 1.82) is 0 Å². The highest BCUT2D eigenvalue weighted by Crippen LogP contribution is 2.11. The molecule has 1 rings (SSSR count). The van der Waals surface area contributed by atoms with Gasteiger partial charge in [0.15, 0.2) is 0 Å². The van der Waals surface area contributed by atoms with E-state index in [9.17, 15) is 0 Å². The van der Waals surface area contributed by atoms with E-state index in [1.165, 1.54) is 4.81 Å². The van der Waals surface area contributed by atoms with E-state index in [2.05, 4.69) is 20.9 Å². The summed E-state index contributed by atoms with van der Waals surface area (Å²) in [5.74, 6) is 0.745. The van der Waals surface area contributed by atoms with Crippen LogP contribution in [-0.4, -0.2) is 20.0 Å². The van der Waals surface area contributed by atoms with Crippen LogP contribution in [0.5, 0.6) is 0 Å². The molecule has 4 heteroatoms. The van der Waals surface area contributed by atoms with Gasteiger partial charge in [-0.1, -0.05) is 6.07 Å². The first kappa shape index (κ1) is 7.60. The predicted octanol–water partition coefficient (Wildman–Crippen LogP) is 1.36. The Hall–Kier alpha value is -0.505. The van der Waals surface area contributed by atoms with Crippen molar-refractivity contribution in [2.45, 2.75) is 0 Å². The summed E-state index contributed by atoms with van der Waals surface area (Å²) in [6, 6.07) is 5.58. The van der Waals surface area contributed by atoms with Crippen LogP contribution >= 0.6 is 15.9 Å². The van der Waals surface area contributed by atoms with Crippen LogP contribution in [-0.2, 0) is 0 Å². The van der Waals surface area contributed by atoms with E-state index in [1.54, 1.807) is 7.05 Å². The minimum absolute atomic E-state index is 0.745.